The van der Waals surface area contributed by atoms with Crippen LogP contribution >= 0.6 is 15.9 Å². The summed E-state index contributed by atoms with van der Waals surface area (Å²) in [6, 6.07) is 3.78. The van der Waals surface area contributed by atoms with E-state index in [1.807, 2.05) is 12.1 Å². The molecule has 1 aliphatic rings. The number of carbonyl (C=O) groups is 1. The molecule has 1 heterocycles. The third-order valence-corrected chi connectivity index (χ3v) is 3.09. The molecule has 1 aliphatic carbocycles. The fraction of sp³-hybridized carbons (Fsp3) is 0.455. The van der Waals surface area contributed by atoms with Crippen molar-refractivity contribution in [3.8, 4) is 0 Å². The van der Waals surface area contributed by atoms with Gasteiger partial charge in [0.15, 0.2) is 0 Å². The molecule has 4 heteroatoms. The minimum absolute atomic E-state index is 0.174. The molecule has 1 atom stereocenters. The number of rotatable bonds is 3. The predicted octanol–water partition coefficient (Wildman–Crippen LogP) is 2.51. The fourth-order valence-corrected chi connectivity index (χ4v) is 1.92. The SMILES string of the molecule is COC(=O)C(c1ccc(Br)cn1)C1CC1. The Balaban J connectivity index is 2.24. The fourth-order valence-electron chi connectivity index (χ4n) is 1.68. The van der Waals surface area contributed by atoms with Crippen LogP contribution in [-0.4, -0.2) is 18.1 Å². The third-order valence-electron chi connectivity index (χ3n) is 2.62. The van der Waals surface area contributed by atoms with Crippen LogP contribution in [0.4, 0.5) is 0 Å². The first-order chi connectivity index (χ1) is 7.22. The summed E-state index contributed by atoms with van der Waals surface area (Å²) in [4.78, 5) is 15.9. The number of methoxy groups -OCH3 is 1. The summed E-state index contributed by atoms with van der Waals surface area (Å²) in [5, 5.41) is 0. The number of esters is 1. The van der Waals surface area contributed by atoms with Crippen LogP contribution in [0.1, 0.15) is 24.5 Å². The second-order valence-electron chi connectivity index (χ2n) is 3.74. The van der Waals surface area contributed by atoms with Crippen molar-refractivity contribution in [1.29, 1.82) is 0 Å². The van der Waals surface area contributed by atoms with Crippen molar-refractivity contribution in [2.75, 3.05) is 7.11 Å². The van der Waals surface area contributed by atoms with Crippen LogP contribution in [-0.2, 0) is 9.53 Å². The maximum atomic E-state index is 11.6. The average molecular weight is 270 g/mol. The minimum Gasteiger partial charge on any atom is -0.468 e. The maximum absolute atomic E-state index is 11.6. The first-order valence-electron chi connectivity index (χ1n) is 4.91. The quantitative estimate of drug-likeness (QED) is 0.792. The molecule has 0 aromatic carbocycles. The summed E-state index contributed by atoms with van der Waals surface area (Å²) in [7, 11) is 1.43. The number of pyridine rings is 1. The molecule has 1 saturated carbocycles. The van der Waals surface area contributed by atoms with Crippen molar-refractivity contribution in [2.45, 2.75) is 18.8 Å². The first-order valence-corrected chi connectivity index (χ1v) is 5.71. The molecule has 1 aromatic heterocycles. The van der Waals surface area contributed by atoms with Crippen molar-refractivity contribution < 1.29 is 9.53 Å². The Labute approximate surface area is 97.0 Å². The van der Waals surface area contributed by atoms with E-state index in [-0.39, 0.29) is 11.9 Å². The van der Waals surface area contributed by atoms with E-state index in [1.54, 1.807) is 6.20 Å². The van der Waals surface area contributed by atoms with E-state index in [2.05, 4.69) is 20.9 Å². The second kappa shape index (κ2) is 4.31. The van der Waals surface area contributed by atoms with Gasteiger partial charge in [-0.05, 0) is 46.8 Å². The van der Waals surface area contributed by atoms with Crippen LogP contribution in [0.2, 0.25) is 0 Å². The maximum Gasteiger partial charge on any atom is 0.315 e. The van der Waals surface area contributed by atoms with E-state index in [0.29, 0.717) is 5.92 Å². The molecule has 2 rings (SSSR count). The van der Waals surface area contributed by atoms with Gasteiger partial charge in [-0.2, -0.15) is 0 Å². The number of halogens is 1. The molecule has 1 aromatic rings. The van der Waals surface area contributed by atoms with Crippen LogP contribution < -0.4 is 0 Å². The van der Waals surface area contributed by atoms with Gasteiger partial charge in [-0.15, -0.1) is 0 Å². The van der Waals surface area contributed by atoms with Gasteiger partial charge in [0.1, 0.15) is 5.92 Å². The van der Waals surface area contributed by atoms with Crippen molar-refractivity contribution in [1.82, 2.24) is 4.98 Å². The van der Waals surface area contributed by atoms with Crippen LogP contribution in [0.5, 0.6) is 0 Å². The molecular formula is C11H12BrNO2. The molecule has 0 amide bonds. The van der Waals surface area contributed by atoms with Crippen molar-refractivity contribution >= 4 is 21.9 Å². The van der Waals surface area contributed by atoms with Gasteiger partial charge in [-0.1, -0.05) is 0 Å². The van der Waals surface area contributed by atoms with Crippen LogP contribution in [0.3, 0.4) is 0 Å². The van der Waals surface area contributed by atoms with E-state index < -0.39 is 0 Å². The van der Waals surface area contributed by atoms with Crippen molar-refractivity contribution in [3.05, 3.63) is 28.5 Å². The smallest absolute Gasteiger partial charge is 0.315 e. The largest absolute Gasteiger partial charge is 0.468 e. The van der Waals surface area contributed by atoms with E-state index in [4.69, 9.17) is 4.74 Å². The van der Waals surface area contributed by atoms with Gasteiger partial charge in [-0.25, -0.2) is 0 Å². The summed E-state index contributed by atoms with van der Waals surface area (Å²) in [5.74, 6) is 0.0709. The molecule has 80 valence electrons. The summed E-state index contributed by atoms with van der Waals surface area (Å²) in [5.41, 5.74) is 0.813. The second-order valence-corrected chi connectivity index (χ2v) is 4.66. The van der Waals surface area contributed by atoms with E-state index in [9.17, 15) is 4.79 Å². The summed E-state index contributed by atoms with van der Waals surface area (Å²) < 4.78 is 5.73. The monoisotopic (exact) mass is 269 g/mol. The third kappa shape index (κ3) is 2.37. The van der Waals surface area contributed by atoms with Gasteiger partial charge < -0.3 is 4.74 Å². The van der Waals surface area contributed by atoms with Gasteiger partial charge in [0.2, 0.25) is 0 Å². The number of aromatic nitrogens is 1. The lowest BCUT2D eigenvalue weighted by Gasteiger charge is -2.12. The molecule has 3 nitrogen and oxygen atoms in total. The van der Waals surface area contributed by atoms with Crippen LogP contribution in [0.25, 0.3) is 0 Å². The number of carbonyl (C=O) groups excluding carboxylic acids is 1. The highest BCUT2D eigenvalue weighted by Crippen LogP contribution is 2.42. The molecule has 0 aliphatic heterocycles. The molecule has 1 unspecified atom stereocenters. The molecule has 1 fully saturated rings. The summed E-state index contributed by atoms with van der Waals surface area (Å²) in [6.07, 6.45) is 3.91. The Morgan fingerprint density at radius 2 is 2.33 bits per heavy atom. The number of ether oxygens (including phenoxy) is 1. The normalized spacial score (nSPS) is 17.2. The topological polar surface area (TPSA) is 39.2 Å². The van der Waals surface area contributed by atoms with Gasteiger partial charge >= 0.3 is 5.97 Å². The highest BCUT2D eigenvalue weighted by Gasteiger charge is 2.38. The van der Waals surface area contributed by atoms with Gasteiger partial charge in [-0.3, -0.25) is 9.78 Å². The molecule has 0 spiro atoms. The van der Waals surface area contributed by atoms with Crippen molar-refractivity contribution in [3.63, 3.8) is 0 Å². The van der Waals surface area contributed by atoms with E-state index in [1.165, 1.54) is 7.11 Å². The zero-order chi connectivity index (χ0) is 10.8. The number of hydrogen-bond acceptors (Lipinski definition) is 3. The molecule has 0 N–H and O–H groups in total. The Kier molecular flexibility index (Phi) is 3.05. The lowest BCUT2D eigenvalue weighted by molar-refractivity contribution is -0.143. The van der Waals surface area contributed by atoms with Gasteiger partial charge in [0.25, 0.3) is 0 Å². The first kappa shape index (κ1) is 10.6. The average Bonchev–Trinajstić information content (AvgIpc) is 3.05. The Hall–Kier alpha value is -0.900. The zero-order valence-electron chi connectivity index (χ0n) is 8.44. The zero-order valence-corrected chi connectivity index (χ0v) is 10.0. The molecule has 0 saturated heterocycles. The molecule has 0 radical (unpaired) electrons. The lowest BCUT2D eigenvalue weighted by atomic mass is 9.99. The van der Waals surface area contributed by atoms with Gasteiger partial charge in [0.05, 0.1) is 12.8 Å². The van der Waals surface area contributed by atoms with E-state index in [0.717, 1.165) is 23.0 Å². The molecule has 15 heavy (non-hydrogen) atoms. The number of nitrogens with zero attached hydrogens (tertiary/aromatic N) is 1. The highest BCUT2D eigenvalue weighted by molar-refractivity contribution is 9.10. The minimum atomic E-state index is -0.178. The summed E-state index contributed by atoms with van der Waals surface area (Å²) >= 11 is 3.32. The number of hydrogen-bond donors (Lipinski definition) is 0. The standard InChI is InChI=1S/C11H12BrNO2/c1-15-11(14)10(7-2-3-7)9-5-4-8(12)6-13-9/h4-7,10H,2-3H2,1H3. The Morgan fingerprint density at radius 1 is 1.60 bits per heavy atom. The molecule has 0 bridgehead atoms. The van der Waals surface area contributed by atoms with Crippen LogP contribution in [0, 0.1) is 5.92 Å². The van der Waals surface area contributed by atoms with Crippen molar-refractivity contribution in [2.24, 2.45) is 5.92 Å². The van der Waals surface area contributed by atoms with Gasteiger partial charge in [0, 0.05) is 10.7 Å². The highest BCUT2D eigenvalue weighted by atomic mass is 79.9. The summed E-state index contributed by atoms with van der Waals surface area (Å²) in [6.45, 7) is 0. The Bertz CT molecular complexity index is 359. The molecular weight excluding hydrogens is 258 g/mol. The Morgan fingerprint density at radius 3 is 2.80 bits per heavy atom. The predicted molar refractivity (Wildman–Crippen MR) is 59.4 cm³/mol. The lowest BCUT2D eigenvalue weighted by Crippen LogP contribution is -2.17. The van der Waals surface area contributed by atoms with Crippen LogP contribution in [0.15, 0.2) is 22.8 Å². The van der Waals surface area contributed by atoms with E-state index >= 15 is 0 Å².